The summed E-state index contributed by atoms with van der Waals surface area (Å²) in [6, 6.07) is 4.73. The number of pyridine rings is 1. The van der Waals surface area contributed by atoms with Gasteiger partial charge in [0.1, 0.15) is 11.5 Å². The number of piperidine rings is 1. The molecule has 2 heterocycles. The summed E-state index contributed by atoms with van der Waals surface area (Å²) in [5.74, 6) is 0.965. The van der Waals surface area contributed by atoms with Gasteiger partial charge in [-0.3, -0.25) is 4.79 Å². The number of carbonyl (C=O) groups excluding carboxylic acids is 1. The second-order valence-corrected chi connectivity index (χ2v) is 10.1. The highest BCUT2D eigenvalue weighted by atomic mass is 19.4. The molecule has 1 amide bonds. The first-order valence-electron chi connectivity index (χ1n) is 11.1. The molecule has 1 aliphatic heterocycles. The van der Waals surface area contributed by atoms with Crippen molar-refractivity contribution in [2.75, 3.05) is 18.0 Å². The largest absolute Gasteiger partial charge is 0.418 e. The van der Waals surface area contributed by atoms with Gasteiger partial charge < -0.3 is 20.4 Å². The minimum Gasteiger partial charge on any atom is -0.390 e. The van der Waals surface area contributed by atoms with Crippen LogP contribution in [-0.2, 0) is 0 Å². The molecular weight excluding hydrogens is 411 g/mol. The molecule has 9 heteroatoms. The number of hydrogen-bond donors (Lipinski definition) is 3. The van der Waals surface area contributed by atoms with Crippen LogP contribution in [0.15, 0.2) is 18.2 Å². The molecule has 3 atom stereocenters. The second kappa shape index (κ2) is 7.07. The summed E-state index contributed by atoms with van der Waals surface area (Å²) in [5.41, 5.74) is -3.20. The van der Waals surface area contributed by atoms with Crippen molar-refractivity contribution in [3.63, 3.8) is 0 Å². The molecule has 31 heavy (non-hydrogen) atoms. The van der Waals surface area contributed by atoms with Crippen LogP contribution in [-0.4, -0.2) is 57.6 Å². The Bertz CT molecular complexity index is 863. The molecule has 3 unspecified atom stereocenters. The SMILES string of the molecule is O=C(NC1C2CC3CC1CC(O)(C3)C2)c1cccc(N2CCCC(O)(C(F)(F)F)C2)n1. The first-order valence-corrected chi connectivity index (χ1v) is 11.1. The molecule has 4 aliphatic carbocycles. The zero-order chi connectivity index (χ0) is 22.0. The highest BCUT2D eigenvalue weighted by Gasteiger charge is 2.56. The number of amides is 1. The Kier molecular flexibility index (Phi) is 4.79. The second-order valence-electron chi connectivity index (χ2n) is 10.1. The van der Waals surface area contributed by atoms with E-state index in [4.69, 9.17) is 0 Å². The summed E-state index contributed by atoms with van der Waals surface area (Å²) in [5, 5.41) is 23.9. The smallest absolute Gasteiger partial charge is 0.390 e. The lowest BCUT2D eigenvalue weighted by Gasteiger charge is -2.58. The van der Waals surface area contributed by atoms with Crippen molar-refractivity contribution in [2.24, 2.45) is 17.8 Å². The van der Waals surface area contributed by atoms with E-state index in [0.717, 1.165) is 19.3 Å². The van der Waals surface area contributed by atoms with Gasteiger partial charge in [0.05, 0.1) is 12.1 Å². The number of hydrogen-bond acceptors (Lipinski definition) is 5. The monoisotopic (exact) mass is 439 g/mol. The van der Waals surface area contributed by atoms with Crippen LogP contribution in [0, 0.1) is 17.8 Å². The molecule has 170 valence electrons. The van der Waals surface area contributed by atoms with Gasteiger partial charge in [-0.05, 0) is 74.8 Å². The van der Waals surface area contributed by atoms with Gasteiger partial charge in [0, 0.05) is 12.6 Å². The number of anilines is 1. The standard InChI is InChI=1S/C22H28F3N3O3/c23-22(24,25)21(31)5-2-6-28(12-21)17-4-1-3-16(26-17)19(29)27-18-14-7-13-8-15(18)11-20(30,9-13)10-14/h1,3-4,13-15,18,30-31H,2,5-12H2,(H,27,29). The third kappa shape index (κ3) is 3.69. The quantitative estimate of drug-likeness (QED) is 0.674. The van der Waals surface area contributed by atoms with Crippen LogP contribution in [0.1, 0.15) is 55.4 Å². The van der Waals surface area contributed by atoms with Crippen molar-refractivity contribution < 1.29 is 28.2 Å². The van der Waals surface area contributed by atoms with Crippen LogP contribution in [0.3, 0.4) is 0 Å². The fraction of sp³-hybridized carbons (Fsp3) is 0.727. The van der Waals surface area contributed by atoms with E-state index in [0.29, 0.717) is 25.3 Å². The molecule has 4 saturated carbocycles. The first-order chi connectivity index (χ1) is 14.6. The number of aliphatic hydroxyl groups is 2. The van der Waals surface area contributed by atoms with Gasteiger partial charge in [-0.2, -0.15) is 13.2 Å². The topological polar surface area (TPSA) is 85.7 Å². The molecule has 4 bridgehead atoms. The summed E-state index contributed by atoms with van der Waals surface area (Å²) >= 11 is 0. The van der Waals surface area contributed by atoms with Crippen molar-refractivity contribution >= 4 is 11.7 Å². The van der Waals surface area contributed by atoms with E-state index in [1.807, 2.05) is 0 Å². The van der Waals surface area contributed by atoms with Gasteiger partial charge in [0.15, 0.2) is 5.60 Å². The van der Waals surface area contributed by atoms with Crippen molar-refractivity contribution in [3.8, 4) is 0 Å². The van der Waals surface area contributed by atoms with Crippen LogP contribution in [0.25, 0.3) is 0 Å². The summed E-state index contributed by atoms with van der Waals surface area (Å²) in [4.78, 5) is 18.7. The van der Waals surface area contributed by atoms with E-state index in [-0.39, 0.29) is 48.1 Å². The maximum absolute atomic E-state index is 13.3. The van der Waals surface area contributed by atoms with Crippen LogP contribution in [0.4, 0.5) is 19.0 Å². The number of carbonyl (C=O) groups is 1. The minimum absolute atomic E-state index is 0.0000822. The number of β-amino-alcohol motifs (C(OH)–C–C–N with tert-alkyl or cyclic N) is 1. The highest BCUT2D eigenvalue weighted by molar-refractivity contribution is 5.93. The predicted molar refractivity (Wildman–Crippen MR) is 106 cm³/mol. The number of aromatic nitrogens is 1. The van der Waals surface area contributed by atoms with Crippen molar-refractivity contribution in [2.45, 2.75) is 68.4 Å². The maximum atomic E-state index is 13.3. The van der Waals surface area contributed by atoms with Gasteiger partial charge in [0.25, 0.3) is 5.91 Å². The average Bonchev–Trinajstić information content (AvgIpc) is 2.69. The molecule has 1 aromatic heterocycles. The Labute approximate surface area is 178 Å². The van der Waals surface area contributed by atoms with Crippen molar-refractivity contribution in [1.82, 2.24) is 10.3 Å². The Morgan fingerprint density at radius 2 is 1.87 bits per heavy atom. The van der Waals surface area contributed by atoms with E-state index in [1.54, 1.807) is 18.2 Å². The summed E-state index contributed by atoms with van der Waals surface area (Å²) in [6.45, 7) is -0.259. The van der Waals surface area contributed by atoms with E-state index in [2.05, 4.69) is 10.3 Å². The summed E-state index contributed by atoms with van der Waals surface area (Å²) < 4.78 is 39.8. The molecule has 6 nitrogen and oxygen atoms in total. The van der Waals surface area contributed by atoms with Crippen LogP contribution in [0.5, 0.6) is 0 Å². The van der Waals surface area contributed by atoms with E-state index >= 15 is 0 Å². The molecule has 0 aromatic carbocycles. The summed E-state index contributed by atoms with van der Waals surface area (Å²) in [6.07, 6.45) is -0.560. The number of rotatable bonds is 3. The number of halogens is 3. The van der Waals surface area contributed by atoms with Gasteiger partial charge in [-0.15, -0.1) is 0 Å². The molecule has 0 spiro atoms. The lowest BCUT2D eigenvalue weighted by Crippen LogP contribution is -2.61. The Morgan fingerprint density at radius 1 is 1.16 bits per heavy atom. The molecular formula is C22H28F3N3O3. The lowest BCUT2D eigenvalue weighted by atomic mass is 9.52. The summed E-state index contributed by atoms with van der Waals surface area (Å²) in [7, 11) is 0. The predicted octanol–water partition coefficient (Wildman–Crippen LogP) is 2.64. The van der Waals surface area contributed by atoms with Crippen LogP contribution >= 0.6 is 0 Å². The molecule has 0 radical (unpaired) electrons. The van der Waals surface area contributed by atoms with E-state index < -0.39 is 23.9 Å². The van der Waals surface area contributed by atoms with Gasteiger partial charge in [-0.25, -0.2) is 4.98 Å². The zero-order valence-corrected chi connectivity index (χ0v) is 17.2. The van der Waals surface area contributed by atoms with Gasteiger partial charge >= 0.3 is 6.18 Å². The molecule has 6 rings (SSSR count). The lowest BCUT2D eigenvalue weighted by molar-refractivity contribution is -0.261. The molecule has 3 N–H and O–H groups in total. The number of nitrogens with zero attached hydrogens (tertiary/aromatic N) is 2. The number of alkyl halides is 3. The van der Waals surface area contributed by atoms with E-state index in [1.165, 1.54) is 4.90 Å². The fourth-order valence-electron chi connectivity index (χ4n) is 6.63. The normalized spacial score (nSPS) is 39.6. The van der Waals surface area contributed by atoms with Crippen LogP contribution in [0.2, 0.25) is 0 Å². The Balaban J connectivity index is 1.30. The minimum atomic E-state index is -4.72. The third-order valence-corrected chi connectivity index (χ3v) is 7.83. The van der Waals surface area contributed by atoms with Crippen molar-refractivity contribution in [3.05, 3.63) is 23.9 Å². The molecule has 1 aromatic rings. The fourth-order valence-corrected chi connectivity index (χ4v) is 6.63. The van der Waals surface area contributed by atoms with Crippen LogP contribution < -0.4 is 10.2 Å². The molecule has 1 saturated heterocycles. The van der Waals surface area contributed by atoms with E-state index in [9.17, 15) is 28.2 Å². The highest BCUT2D eigenvalue weighted by Crippen LogP contribution is 2.55. The van der Waals surface area contributed by atoms with Crippen molar-refractivity contribution in [1.29, 1.82) is 0 Å². The zero-order valence-electron chi connectivity index (χ0n) is 17.2. The number of nitrogens with one attached hydrogen (secondary N) is 1. The van der Waals surface area contributed by atoms with Gasteiger partial charge in [0.2, 0.25) is 0 Å². The molecule has 5 aliphatic rings. The first kappa shape index (κ1) is 21.0. The van der Waals surface area contributed by atoms with Gasteiger partial charge in [-0.1, -0.05) is 6.07 Å². The maximum Gasteiger partial charge on any atom is 0.418 e. The Hall–Kier alpha value is -1.87. The third-order valence-electron chi connectivity index (χ3n) is 7.83. The Morgan fingerprint density at radius 3 is 2.52 bits per heavy atom. The average molecular weight is 439 g/mol. The molecule has 5 fully saturated rings.